The fourth-order valence-electron chi connectivity index (χ4n) is 2.69. The number of rotatable bonds is 4. The number of hydrogen-bond donors (Lipinski definition) is 0. The summed E-state index contributed by atoms with van der Waals surface area (Å²) in [7, 11) is 0. The molecule has 0 amide bonds. The van der Waals surface area contributed by atoms with Crippen molar-refractivity contribution in [2.24, 2.45) is 0 Å². The lowest BCUT2D eigenvalue weighted by Gasteiger charge is -2.12. The molecular formula is C19H20S. The highest BCUT2D eigenvalue weighted by Crippen LogP contribution is 2.36. The standard InChI is InChI=1S/C19H20S/c1-2-7-15-8-6-11-17(14-15)19-13-12-18(20-19)16-9-4-3-5-10-16/h3-5,8-10,12-14H,2,6-7,11H2,1H3. The van der Waals surface area contributed by atoms with E-state index in [4.69, 9.17) is 0 Å². The molecule has 0 bridgehead atoms. The summed E-state index contributed by atoms with van der Waals surface area (Å²) < 4.78 is 0. The first-order valence-corrected chi connectivity index (χ1v) is 8.23. The van der Waals surface area contributed by atoms with Crippen LogP contribution in [0.4, 0.5) is 0 Å². The second-order valence-electron chi connectivity index (χ2n) is 5.27. The van der Waals surface area contributed by atoms with Crippen LogP contribution in [-0.2, 0) is 0 Å². The van der Waals surface area contributed by atoms with Crippen LogP contribution in [0.5, 0.6) is 0 Å². The van der Waals surface area contributed by atoms with Gasteiger partial charge in [0.25, 0.3) is 0 Å². The molecular weight excluding hydrogens is 260 g/mol. The lowest BCUT2D eigenvalue weighted by atomic mass is 9.96. The minimum absolute atomic E-state index is 1.18. The minimum Gasteiger partial charge on any atom is -0.136 e. The van der Waals surface area contributed by atoms with Crippen LogP contribution in [0.2, 0.25) is 0 Å². The lowest BCUT2D eigenvalue weighted by Crippen LogP contribution is -1.90. The van der Waals surface area contributed by atoms with Crippen LogP contribution < -0.4 is 0 Å². The Morgan fingerprint density at radius 2 is 1.80 bits per heavy atom. The number of thiophene rings is 1. The first-order chi connectivity index (χ1) is 9.86. The third kappa shape index (κ3) is 2.94. The van der Waals surface area contributed by atoms with E-state index in [0.717, 1.165) is 0 Å². The van der Waals surface area contributed by atoms with E-state index in [2.05, 4.69) is 61.5 Å². The molecule has 1 aromatic carbocycles. The van der Waals surface area contributed by atoms with Gasteiger partial charge in [-0.3, -0.25) is 0 Å². The summed E-state index contributed by atoms with van der Waals surface area (Å²) in [5.74, 6) is 0. The maximum Gasteiger partial charge on any atom is 0.0349 e. The van der Waals surface area contributed by atoms with Crippen molar-refractivity contribution in [2.75, 3.05) is 0 Å². The van der Waals surface area contributed by atoms with Gasteiger partial charge in [-0.2, -0.15) is 0 Å². The molecule has 1 aliphatic rings. The largest absolute Gasteiger partial charge is 0.136 e. The van der Waals surface area contributed by atoms with Gasteiger partial charge in [0.1, 0.15) is 0 Å². The summed E-state index contributed by atoms with van der Waals surface area (Å²) in [4.78, 5) is 2.80. The van der Waals surface area contributed by atoms with Gasteiger partial charge in [-0.05, 0) is 42.5 Å². The zero-order valence-electron chi connectivity index (χ0n) is 11.9. The van der Waals surface area contributed by atoms with Crippen LogP contribution in [0.25, 0.3) is 16.0 Å². The van der Waals surface area contributed by atoms with E-state index in [-0.39, 0.29) is 0 Å². The smallest absolute Gasteiger partial charge is 0.0349 e. The van der Waals surface area contributed by atoms with Gasteiger partial charge in [-0.15, -0.1) is 11.3 Å². The molecule has 0 nitrogen and oxygen atoms in total. The van der Waals surface area contributed by atoms with E-state index in [9.17, 15) is 0 Å². The third-order valence-corrected chi connectivity index (χ3v) is 4.91. The van der Waals surface area contributed by atoms with Crippen LogP contribution in [-0.4, -0.2) is 0 Å². The van der Waals surface area contributed by atoms with Gasteiger partial charge in [0.2, 0.25) is 0 Å². The molecule has 1 heterocycles. The van der Waals surface area contributed by atoms with E-state index in [1.54, 1.807) is 0 Å². The van der Waals surface area contributed by atoms with Crippen LogP contribution in [0.1, 0.15) is 37.5 Å². The Kier molecular flexibility index (Phi) is 4.17. The number of hydrogen-bond acceptors (Lipinski definition) is 1. The molecule has 0 N–H and O–H groups in total. The van der Waals surface area contributed by atoms with Crippen LogP contribution >= 0.6 is 11.3 Å². The molecule has 1 aliphatic carbocycles. The van der Waals surface area contributed by atoms with Crippen molar-refractivity contribution in [1.29, 1.82) is 0 Å². The van der Waals surface area contributed by atoms with Crippen molar-refractivity contribution < 1.29 is 0 Å². The predicted octanol–water partition coefficient (Wildman–Crippen LogP) is 6.32. The highest BCUT2D eigenvalue weighted by molar-refractivity contribution is 7.16. The monoisotopic (exact) mass is 280 g/mol. The average molecular weight is 280 g/mol. The molecule has 0 saturated heterocycles. The molecule has 0 unspecified atom stereocenters. The SMILES string of the molecule is CCCC1=CCCC(c2ccc(-c3ccccc3)s2)=C1. The van der Waals surface area contributed by atoms with E-state index < -0.39 is 0 Å². The van der Waals surface area contributed by atoms with E-state index in [1.807, 2.05) is 11.3 Å². The average Bonchev–Trinajstić information content (AvgIpc) is 2.99. The summed E-state index contributed by atoms with van der Waals surface area (Å²) in [6.07, 6.45) is 9.63. The zero-order chi connectivity index (χ0) is 13.8. The van der Waals surface area contributed by atoms with Gasteiger partial charge in [-0.1, -0.05) is 61.4 Å². The van der Waals surface area contributed by atoms with E-state index in [0.29, 0.717) is 0 Å². The van der Waals surface area contributed by atoms with Gasteiger partial charge in [0.15, 0.2) is 0 Å². The Balaban J connectivity index is 1.86. The quantitative estimate of drug-likeness (QED) is 0.615. The summed E-state index contributed by atoms with van der Waals surface area (Å²) >= 11 is 1.92. The van der Waals surface area contributed by atoms with Gasteiger partial charge >= 0.3 is 0 Å². The van der Waals surface area contributed by atoms with Crippen molar-refractivity contribution in [1.82, 2.24) is 0 Å². The fourth-order valence-corrected chi connectivity index (χ4v) is 3.75. The summed E-state index contributed by atoms with van der Waals surface area (Å²) in [5, 5.41) is 0. The maximum absolute atomic E-state index is 2.41. The Morgan fingerprint density at radius 3 is 2.60 bits per heavy atom. The van der Waals surface area contributed by atoms with E-state index in [1.165, 1.54) is 52.1 Å². The third-order valence-electron chi connectivity index (χ3n) is 3.70. The maximum atomic E-state index is 2.41. The molecule has 0 atom stereocenters. The molecule has 3 rings (SSSR count). The normalized spacial score (nSPS) is 14.8. The fraction of sp³-hybridized carbons (Fsp3) is 0.263. The number of benzene rings is 1. The van der Waals surface area contributed by atoms with Crippen molar-refractivity contribution in [3.63, 3.8) is 0 Å². The van der Waals surface area contributed by atoms with Crippen LogP contribution in [0.3, 0.4) is 0 Å². The lowest BCUT2D eigenvalue weighted by molar-refractivity contribution is 0.900. The van der Waals surface area contributed by atoms with Gasteiger partial charge in [0.05, 0.1) is 0 Å². The first-order valence-electron chi connectivity index (χ1n) is 7.42. The highest BCUT2D eigenvalue weighted by atomic mass is 32.1. The molecule has 0 fully saturated rings. The van der Waals surface area contributed by atoms with Crippen molar-refractivity contribution in [3.05, 3.63) is 65.1 Å². The van der Waals surface area contributed by atoms with Crippen molar-refractivity contribution >= 4 is 16.9 Å². The molecule has 0 aliphatic heterocycles. The molecule has 20 heavy (non-hydrogen) atoms. The second kappa shape index (κ2) is 6.23. The van der Waals surface area contributed by atoms with Crippen molar-refractivity contribution in [2.45, 2.75) is 32.6 Å². The Bertz CT molecular complexity index is 629. The molecule has 2 aromatic rings. The molecule has 0 saturated carbocycles. The Labute approximate surface area is 125 Å². The van der Waals surface area contributed by atoms with Gasteiger partial charge in [0, 0.05) is 9.75 Å². The van der Waals surface area contributed by atoms with E-state index >= 15 is 0 Å². The Morgan fingerprint density at radius 1 is 1.00 bits per heavy atom. The first kappa shape index (κ1) is 13.4. The van der Waals surface area contributed by atoms with Crippen molar-refractivity contribution in [3.8, 4) is 10.4 Å². The van der Waals surface area contributed by atoms with Crippen LogP contribution in [0.15, 0.2) is 60.2 Å². The highest BCUT2D eigenvalue weighted by Gasteiger charge is 2.10. The molecule has 1 heteroatoms. The summed E-state index contributed by atoms with van der Waals surface area (Å²) in [6, 6.07) is 15.2. The molecule has 0 radical (unpaired) electrons. The summed E-state index contributed by atoms with van der Waals surface area (Å²) in [6.45, 7) is 2.25. The molecule has 1 aromatic heterocycles. The predicted molar refractivity (Wildman–Crippen MR) is 90.0 cm³/mol. The second-order valence-corrected chi connectivity index (χ2v) is 6.35. The number of allylic oxidation sites excluding steroid dienone is 4. The van der Waals surface area contributed by atoms with Gasteiger partial charge < -0.3 is 0 Å². The Hall–Kier alpha value is -1.60. The molecule has 102 valence electrons. The minimum atomic E-state index is 1.18. The molecule has 0 spiro atoms. The van der Waals surface area contributed by atoms with Gasteiger partial charge in [-0.25, -0.2) is 0 Å². The topological polar surface area (TPSA) is 0 Å². The van der Waals surface area contributed by atoms with Crippen LogP contribution in [0, 0.1) is 0 Å². The summed E-state index contributed by atoms with van der Waals surface area (Å²) in [5.41, 5.74) is 4.36. The zero-order valence-corrected chi connectivity index (χ0v) is 12.7.